The van der Waals surface area contributed by atoms with Gasteiger partial charge in [-0.2, -0.15) is 0 Å². The minimum atomic E-state index is -0.746. The first-order valence-corrected chi connectivity index (χ1v) is 9.35. The Morgan fingerprint density at radius 1 is 1.26 bits per heavy atom. The van der Waals surface area contributed by atoms with Crippen molar-refractivity contribution in [3.05, 3.63) is 27.2 Å². The van der Waals surface area contributed by atoms with E-state index in [1.807, 2.05) is 13.8 Å². The highest BCUT2D eigenvalue weighted by atomic mass is 16.4. The summed E-state index contributed by atoms with van der Waals surface area (Å²) >= 11 is 0. The maximum atomic E-state index is 12.3. The molecule has 3 rings (SSSR count). The van der Waals surface area contributed by atoms with Gasteiger partial charge in [-0.15, -0.1) is 0 Å². The number of hydrogen-bond acceptors (Lipinski definition) is 4. The lowest BCUT2D eigenvalue weighted by Crippen LogP contribution is -2.38. The molecule has 2 aromatic rings. The fraction of sp³-hybridized carbons (Fsp3) is 0.579. The molecule has 0 radical (unpaired) electrons. The molecule has 0 atom stereocenters. The van der Waals surface area contributed by atoms with Crippen LogP contribution in [0.2, 0.25) is 0 Å². The average molecular weight is 374 g/mol. The molecule has 0 aromatic carbocycles. The highest BCUT2D eigenvalue weighted by Crippen LogP contribution is 2.25. The Morgan fingerprint density at radius 2 is 1.93 bits per heavy atom. The molecule has 0 spiro atoms. The van der Waals surface area contributed by atoms with Gasteiger partial charge in [-0.25, -0.2) is 4.98 Å². The molecule has 1 saturated carbocycles. The van der Waals surface area contributed by atoms with Gasteiger partial charge in [0.1, 0.15) is 0 Å². The van der Waals surface area contributed by atoms with Gasteiger partial charge in [0.2, 0.25) is 5.91 Å². The first-order valence-electron chi connectivity index (χ1n) is 9.35. The van der Waals surface area contributed by atoms with E-state index in [0.717, 1.165) is 16.8 Å². The summed E-state index contributed by atoms with van der Waals surface area (Å²) in [4.78, 5) is 40.0. The van der Waals surface area contributed by atoms with Crippen LogP contribution in [0.4, 0.5) is 0 Å². The molecule has 0 saturated heterocycles. The van der Waals surface area contributed by atoms with Crippen molar-refractivity contribution in [2.45, 2.75) is 58.4 Å². The number of pyridine rings is 1. The van der Waals surface area contributed by atoms with Crippen molar-refractivity contribution < 1.29 is 14.7 Å². The minimum Gasteiger partial charge on any atom is -0.481 e. The number of fused-ring (bicyclic) bond motifs is 1. The van der Waals surface area contributed by atoms with Crippen LogP contribution in [0, 0.1) is 19.8 Å². The number of aryl methyl sites for hydroxylation is 3. The average Bonchev–Trinajstić information content (AvgIpc) is 2.89. The monoisotopic (exact) mass is 374 g/mol. The molecule has 1 amide bonds. The second kappa shape index (κ2) is 7.54. The van der Waals surface area contributed by atoms with Gasteiger partial charge in [-0.05, 0) is 57.1 Å². The standard InChI is InChI=1S/C19H26N4O4/c1-10-14(11(2)20-17-16(10)18(25)22-23(17)3)8-9-15(24)21-13-6-4-12(5-7-13)19(26)27/h12-13H,4-9H2,1-3H3,(H,21,24)(H,22,25)(H,26,27). The first-order chi connectivity index (χ1) is 12.8. The summed E-state index contributed by atoms with van der Waals surface area (Å²) in [5.41, 5.74) is 3.08. The van der Waals surface area contributed by atoms with E-state index in [1.165, 1.54) is 0 Å². The van der Waals surface area contributed by atoms with Crippen LogP contribution in [-0.4, -0.2) is 37.8 Å². The molecule has 0 unspecified atom stereocenters. The third-order valence-corrected chi connectivity index (χ3v) is 5.62. The fourth-order valence-corrected chi connectivity index (χ4v) is 4.04. The van der Waals surface area contributed by atoms with Crippen molar-refractivity contribution in [1.82, 2.24) is 20.1 Å². The largest absolute Gasteiger partial charge is 0.481 e. The second-order valence-corrected chi connectivity index (χ2v) is 7.45. The van der Waals surface area contributed by atoms with Gasteiger partial charge in [0.15, 0.2) is 5.65 Å². The molecule has 2 heterocycles. The number of aliphatic carboxylic acids is 1. The molecule has 0 aliphatic heterocycles. The van der Waals surface area contributed by atoms with Crippen molar-refractivity contribution in [2.75, 3.05) is 0 Å². The zero-order chi connectivity index (χ0) is 19.7. The Bertz CT molecular complexity index is 935. The van der Waals surface area contributed by atoms with E-state index in [1.54, 1.807) is 11.7 Å². The summed E-state index contributed by atoms with van der Waals surface area (Å²) in [7, 11) is 1.75. The Labute approximate surface area is 157 Å². The van der Waals surface area contributed by atoms with E-state index in [2.05, 4.69) is 15.4 Å². The van der Waals surface area contributed by atoms with Gasteiger partial charge in [-0.3, -0.25) is 24.2 Å². The third-order valence-electron chi connectivity index (χ3n) is 5.62. The molecule has 27 heavy (non-hydrogen) atoms. The normalized spacial score (nSPS) is 20.0. The van der Waals surface area contributed by atoms with Gasteiger partial charge < -0.3 is 10.4 Å². The number of H-pyrrole nitrogens is 1. The Balaban J connectivity index is 1.63. The number of nitrogens with zero attached hydrogens (tertiary/aromatic N) is 2. The number of carboxylic acid groups (broad SMARTS) is 1. The van der Waals surface area contributed by atoms with E-state index in [4.69, 9.17) is 5.11 Å². The van der Waals surface area contributed by atoms with Gasteiger partial charge >= 0.3 is 5.97 Å². The number of nitrogens with one attached hydrogen (secondary N) is 2. The van der Waals surface area contributed by atoms with Crippen LogP contribution in [0.3, 0.4) is 0 Å². The molecule has 8 heteroatoms. The van der Waals surface area contributed by atoms with Gasteiger partial charge in [0.05, 0.1) is 11.3 Å². The van der Waals surface area contributed by atoms with Crippen LogP contribution in [0.15, 0.2) is 4.79 Å². The highest BCUT2D eigenvalue weighted by molar-refractivity contribution is 5.81. The number of rotatable bonds is 5. The van der Waals surface area contributed by atoms with Crippen LogP contribution in [-0.2, 0) is 23.1 Å². The van der Waals surface area contributed by atoms with E-state index < -0.39 is 5.97 Å². The molecular formula is C19H26N4O4. The summed E-state index contributed by atoms with van der Waals surface area (Å²) in [5.74, 6) is -1.08. The Morgan fingerprint density at radius 3 is 2.56 bits per heavy atom. The maximum Gasteiger partial charge on any atom is 0.306 e. The predicted molar refractivity (Wildman–Crippen MR) is 101 cm³/mol. The van der Waals surface area contributed by atoms with Gasteiger partial charge in [0.25, 0.3) is 5.56 Å². The zero-order valence-electron chi connectivity index (χ0n) is 16.0. The van der Waals surface area contributed by atoms with Crippen molar-refractivity contribution in [1.29, 1.82) is 0 Å². The second-order valence-electron chi connectivity index (χ2n) is 7.45. The van der Waals surface area contributed by atoms with Crippen LogP contribution >= 0.6 is 0 Å². The lowest BCUT2D eigenvalue weighted by molar-refractivity contribution is -0.142. The molecule has 2 aromatic heterocycles. The van der Waals surface area contributed by atoms with E-state index >= 15 is 0 Å². The molecule has 8 nitrogen and oxygen atoms in total. The van der Waals surface area contributed by atoms with Crippen molar-refractivity contribution in [2.24, 2.45) is 13.0 Å². The number of hydrogen-bond donors (Lipinski definition) is 3. The van der Waals surface area contributed by atoms with Gasteiger partial charge in [-0.1, -0.05) is 0 Å². The summed E-state index contributed by atoms with van der Waals surface area (Å²) < 4.78 is 1.61. The molecular weight excluding hydrogens is 348 g/mol. The molecule has 146 valence electrons. The zero-order valence-corrected chi connectivity index (χ0v) is 16.0. The molecule has 3 N–H and O–H groups in total. The van der Waals surface area contributed by atoms with E-state index in [0.29, 0.717) is 49.6 Å². The third kappa shape index (κ3) is 3.89. The van der Waals surface area contributed by atoms with Crippen molar-refractivity contribution in [3.8, 4) is 0 Å². The molecule has 1 aliphatic carbocycles. The number of carbonyl (C=O) groups excluding carboxylic acids is 1. The number of amides is 1. The van der Waals surface area contributed by atoms with E-state index in [-0.39, 0.29) is 23.4 Å². The minimum absolute atomic E-state index is 0.0466. The Kier molecular flexibility index (Phi) is 5.34. The topological polar surface area (TPSA) is 117 Å². The number of carboxylic acids is 1. The van der Waals surface area contributed by atoms with Crippen molar-refractivity contribution >= 4 is 22.9 Å². The first kappa shape index (κ1) is 19.1. The number of aromatic nitrogens is 3. The summed E-state index contributed by atoms with van der Waals surface area (Å²) in [6.45, 7) is 3.79. The van der Waals surface area contributed by atoms with Crippen LogP contribution in [0.5, 0.6) is 0 Å². The molecule has 1 fully saturated rings. The SMILES string of the molecule is Cc1nc2c(c(C)c1CCC(=O)NC1CCC(C(=O)O)CC1)c(=O)[nH]n2C. The summed E-state index contributed by atoms with van der Waals surface area (Å²) in [6.07, 6.45) is 3.46. The number of aromatic amines is 1. The van der Waals surface area contributed by atoms with Gasteiger partial charge in [0, 0.05) is 25.2 Å². The predicted octanol–water partition coefficient (Wildman–Crippen LogP) is 1.57. The number of carbonyl (C=O) groups is 2. The molecule has 1 aliphatic rings. The summed E-state index contributed by atoms with van der Waals surface area (Å²) in [6, 6.07) is 0.0490. The fourth-order valence-electron chi connectivity index (χ4n) is 4.04. The highest BCUT2D eigenvalue weighted by Gasteiger charge is 2.26. The smallest absolute Gasteiger partial charge is 0.306 e. The lowest BCUT2D eigenvalue weighted by atomic mass is 9.86. The molecule has 0 bridgehead atoms. The van der Waals surface area contributed by atoms with Crippen molar-refractivity contribution in [3.63, 3.8) is 0 Å². The van der Waals surface area contributed by atoms with E-state index in [9.17, 15) is 14.4 Å². The maximum absolute atomic E-state index is 12.3. The quantitative estimate of drug-likeness (QED) is 0.734. The van der Waals surface area contributed by atoms with Crippen LogP contribution in [0.25, 0.3) is 11.0 Å². The Hall–Kier alpha value is -2.64. The van der Waals surface area contributed by atoms with Crippen LogP contribution in [0.1, 0.15) is 48.9 Å². The lowest BCUT2D eigenvalue weighted by Gasteiger charge is -2.26. The van der Waals surface area contributed by atoms with Crippen LogP contribution < -0.4 is 10.9 Å². The summed E-state index contributed by atoms with van der Waals surface area (Å²) in [5, 5.41) is 15.4.